The topological polar surface area (TPSA) is 90.6 Å². The van der Waals surface area contributed by atoms with Gasteiger partial charge in [-0.1, -0.05) is 0 Å². The Balaban J connectivity index is 1.45. The number of hydrogen-bond acceptors (Lipinski definition) is 7. The number of carbonyl (C=O) groups is 2. The predicted octanol–water partition coefficient (Wildman–Crippen LogP) is 3.58. The molecule has 2 aromatic heterocycles. The molecule has 8 nitrogen and oxygen atoms in total. The molecule has 9 heteroatoms. The normalized spacial score (nSPS) is 15.3. The molecule has 164 valence electrons. The number of ether oxygens (including phenoxy) is 1. The summed E-state index contributed by atoms with van der Waals surface area (Å²) in [4.78, 5) is 30.8. The maximum atomic E-state index is 12.7. The highest BCUT2D eigenvalue weighted by molar-refractivity contribution is 7.20. The van der Waals surface area contributed by atoms with E-state index in [0.717, 1.165) is 31.9 Å². The van der Waals surface area contributed by atoms with Gasteiger partial charge in [0.25, 0.3) is 5.91 Å². The van der Waals surface area contributed by atoms with Gasteiger partial charge in [0.15, 0.2) is 0 Å². The molecule has 4 rings (SSSR count). The van der Waals surface area contributed by atoms with Crippen molar-refractivity contribution in [3.8, 4) is 0 Å². The molecule has 3 aromatic rings. The molecule has 0 unspecified atom stereocenters. The van der Waals surface area contributed by atoms with E-state index in [9.17, 15) is 9.59 Å². The molecule has 0 spiro atoms. The van der Waals surface area contributed by atoms with E-state index in [4.69, 9.17) is 4.74 Å². The summed E-state index contributed by atoms with van der Waals surface area (Å²) in [6.45, 7) is 9.49. The lowest BCUT2D eigenvalue weighted by Crippen LogP contribution is -2.44. The van der Waals surface area contributed by atoms with Crippen LogP contribution in [0.4, 0.5) is 11.5 Å². The lowest BCUT2D eigenvalue weighted by Gasteiger charge is -2.34. The average Bonchev–Trinajstić information content (AvgIpc) is 3.29. The second-order valence-corrected chi connectivity index (χ2v) is 9.75. The number of benzene rings is 1. The zero-order valence-corrected chi connectivity index (χ0v) is 19.0. The van der Waals surface area contributed by atoms with E-state index < -0.39 is 11.6 Å². The number of aromatic nitrogens is 2. The third kappa shape index (κ3) is 4.88. The first-order chi connectivity index (χ1) is 14.7. The molecular formula is C22H27N5O3S. The van der Waals surface area contributed by atoms with Crippen molar-refractivity contribution in [1.29, 1.82) is 0 Å². The minimum Gasteiger partial charge on any atom is -0.456 e. The highest BCUT2D eigenvalue weighted by Crippen LogP contribution is 2.30. The average molecular weight is 442 g/mol. The SMILES string of the molecule is CN1CCN(c2ccc(C(=O)Nc3[nH]nc4sc(C(=O)OC(C)(C)C)cc34)cc2)CC1. The molecule has 0 aliphatic carbocycles. The fraction of sp³-hybridized carbons (Fsp3) is 0.409. The molecule has 1 aromatic carbocycles. The number of carbonyl (C=O) groups excluding carboxylic acids is 2. The smallest absolute Gasteiger partial charge is 0.348 e. The van der Waals surface area contributed by atoms with Crippen LogP contribution >= 0.6 is 11.3 Å². The van der Waals surface area contributed by atoms with Gasteiger partial charge in [-0.05, 0) is 58.2 Å². The van der Waals surface area contributed by atoms with E-state index in [-0.39, 0.29) is 5.91 Å². The van der Waals surface area contributed by atoms with Gasteiger partial charge in [-0.3, -0.25) is 9.89 Å². The van der Waals surface area contributed by atoms with Crippen LogP contribution in [0, 0.1) is 0 Å². The summed E-state index contributed by atoms with van der Waals surface area (Å²) in [5.41, 5.74) is 1.11. The number of piperazine rings is 1. The van der Waals surface area contributed by atoms with Crippen LogP contribution in [0.25, 0.3) is 10.2 Å². The van der Waals surface area contributed by atoms with Crippen molar-refractivity contribution in [1.82, 2.24) is 15.1 Å². The number of esters is 1. The Bertz CT molecular complexity index is 1090. The van der Waals surface area contributed by atoms with Gasteiger partial charge in [0.2, 0.25) is 0 Å². The Morgan fingerprint density at radius 3 is 2.45 bits per heavy atom. The maximum absolute atomic E-state index is 12.7. The number of rotatable bonds is 4. The second kappa shape index (κ2) is 8.32. The fourth-order valence-electron chi connectivity index (χ4n) is 3.41. The molecule has 1 saturated heterocycles. The van der Waals surface area contributed by atoms with Crippen molar-refractivity contribution >= 4 is 44.9 Å². The van der Waals surface area contributed by atoms with Crippen LogP contribution < -0.4 is 10.2 Å². The zero-order chi connectivity index (χ0) is 22.2. The fourth-order valence-corrected chi connectivity index (χ4v) is 4.28. The summed E-state index contributed by atoms with van der Waals surface area (Å²) in [7, 11) is 2.13. The van der Waals surface area contributed by atoms with Gasteiger partial charge in [-0.15, -0.1) is 11.3 Å². The van der Waals surface area contributed by atoms with Gasteiger partial charge < -0.3 is 19.9 Å². The maximum Gasteiger partial charge on any atom is 0.348 e. The van der Waals surface area contributed by atoms with Crippen molar-refractivity contribution in [3.63, 3.8) is 0 Å². The Morgan fingerprint density at radius 2 is 1.81 bits per heavy atom. The minimum atomic E-state index is -0.571. The van der Waals surface area contributed by atoms with Crippen LogP contribution in [-0.4, -0.2) is 65.8 Å². The molecule has 1 aliphatic rings. The first kappa shape index (κ1) is 21.3. The largest absolute Gasteiger partial charge is 0.456 e. The van der Waals surface area contributed by atoms with E-state index in [2.05, 4.69) is 32.4 Å². The summed E-state index contributed by atoms with van der Waals surface area (Å²) in [6, 6.07) is 9.32. The van der Waals surface area contributed by atoms with Crippen molar-refractivity contribution in [2.45, 2.75) is 26.4 Å². The van der Waals surface area contributed by atoms with E-state index in [1.807, 2.05) is 45.0 Å². The van der Waals surface area contributed by atoms with Gasteiger partial charge in [-0.2, -0.15) is 5.10 Å². The number of likely N-dealkylation sites (N-methyl/N-ethyl adjacent to an activating group) is 1. The number of aromatic amines is 1. The van der Waals surface area contributed by atoms with Crippen LogP contribution in [0.3, 0.4) is 0 Å². The molecule has 1 amide bonds. The molecule has 31 heavy (non-hydrogen) atoms. The number of fused-ring (bicyclic) bond motifs is 1. The summed E-state index contributed by atoms with van der Waals surface area (Å²) in [6.07, 6.45) is 0. The third-order valence-electron chi connectivity index (χ3n) is 5.09. The van der Waals surface area contributed by atoms with Crippen LogP contribution in [0.2, 0.25) is 0 Å². The van der Waals surface area contributed by atoms with Crippen molar-refractivity contribution in [2.24, 2.45) is 0 Å². The van der Waals surface area contributed by atoms with Crippen molar-refractivity contribution in [2.75, 3.05) is 43.4 Å². The molecule has 2 N–H and O–H groups in total. The quantitative estimate of drug-likeness (QED) is 0.602. The number of anilines is 2. The number of nitrogens with zero attached hydrogens (tertiary/aromatic N) is 3. The van der Waals surface area contributed by atoms with E-state index >= 15 is 0 Å². The lowest BCUT2D eigenvalue weighted by atomic mass is 10.1. The van der Waals surface area contributed by atoms with Gasteiger partial charge in [0.1, 0.15) is 21.1 Å². The Morgan fingerprint density at radius 1 is 1.13 bits per heavy atom. The van der Waals surface area contributed by atoms with E-state index in [1.165, 1.54) is 11.3 Å². The third-order valence-corrected chi connectivity index (χ3v) is 6.10. The predicted molar refractivity (Wildman–Crippen MR) is 123 cm³/mol. The summed E-state index contributed by atoms with van der Waals surface area (Å²) in [5.74, 6) is -0.165. The zero-order valence-electron chi connectivity index (χ0n) is 18.2. The van der Waals surface area contributed by atoms with Crippen LogP contribution in [0.1, 0.15) is 40.8 Å². The standard InChI is InChI=1S/C22H27N5O3S/c1-22(2,3)30-21(29)17-13-16-18(24-25-20(16)31-17)23-19(28)14-5-7-15(8-6-14)27-11-9-26(4)10-12-27/h5-8,13H,9-12H2,1-4H3,(H2,23,24,25,28). The van der Waals surface area contributed by atoms with E-state index in [1.54, 1.807) is 6.07 Å². The Labute approximate surface area is 185 Å². The second-order valence-electron chi connectivity index (χ2n) is 8.72. The number of nitrogens with one attached hydrogen (secondary N) is 2. The van der Waals surface area contributed by atoms with Crippen LogP contribution in [-0.2, 0) is 4.74 Å². The minimum absolute atomic E-state index is 0.236. The summed E-state index contributed by atoms with van der Waals surface area (Å²) in [5, 5.41) is 10.6. The summed E-state index contributed by atoms with van der Waals surface area (Å²) >= 11 is 1.23. The molecule has 0 bridgehead atoms. The summed E-state index contributed by atoms with van der Waals surface area (Å²) < 4.78 is 5.42. The molecule has 0 atom stereocenters. The van der Waals surface area contributed by atoms with Gasteiger partial charge in [-0.25, -0.2) is 4.79 Å². The van der Waals surface area contributed by atoms with Crippen LogP contribution in [0.15, 0.2) is 30.3 Å². The molecule has 3 heterocycles. The first-order valence-electron chi connectivity index (χ1n) is 10.3. The van der Waals surface area contributed by atoms with Gasteiger partial charge >= 0.3 is 5.97 Å². The monoisotopic (exact) mass is 441 g/mol. The Kier molecular flexibility index (Phi) is 5.72. The number of hydrogen-bond donors (Lipinski definition) is 2. The highest BCUT2D eigenvalue weighted by Gasteiger charge is 2.22. The molecular weight excluding hydrogens is 414 g/mol. The molecule has 0 radical (unpaired) electrons. The van der Waals surface area contributed by atoms with Gasteiger partial charge in [0, 0.05) is 37.4 Å². The highest BCUT2D eigenvalue weighted by atomic mass is 32.1. The number of amides is 1. The van der Waals surface area contributed by atoms with Crippen molar-refractivity contribution in [3.05, 3.63) is 40.8 Å². The van der Waals surface area contributed by atoms with Crippen LogP contribution in [0.5, 0.6) is 0 Å². The molecule has 0 saturated carbocycles. The first-order valence-corrected chi connectivity index (χ1v) is 11.1. The lowest BCUT2D eigenvalue weighted by molar-refractivity contribution is 0.00752. The number of thiophene rings is 1. The molecule has 1 aliphatic heterocycles. The van der Waals surface area contributed by atoms with Crippen molar-refractivity contribution < 1.29 is 14.3 Å². The van der Waals surface area contributed by atoms with E-state index in [0.29, 0.717) is 26.5 Å². The molecule has 1 fully saturated rings. The number of H-pyrrole nitrogens is 1. The Hall–Kier alpha value is -2.91. The van der Waals surface area contributed by atoms with Gasteiger partial charge in [0.05, 0.1) is 5.39 Å².